The van der Waals surface area contributed by atoms with Gasteiger partial charge in [0.25, 0.3) is 11.5 Å². The lowest BCUT2D eigenvalue weighted by molar-refractivity contribution is -0.135. The van der Waals surface area contributed by atoms with E-state index >= 15 is 0 Å². The van der Waals surface area contributed by atoms with Gasteiger partial charge in [0.2, 0.25) is 0 Å². The van der Waals surface area contributed by atoms with Crippen LogP contribution >= 0.6 is 11.6 Å². The van der Waals surface area contributed by atoms with Gasteiger partial charge >= 0.3 is 0 Å². The number of aromatic nitrogens is 2. The molecule has 0 aliphatic carbocycles. The van der Waals surface area contributed by atoms with Crippen LogP contribution in [0, 0.1) is 11.3 Å². The van der Waals surface area contributed by atoms with Crippen molar-refractivity contribution >= 4 is 28.4 Å². The molecule has 3 aromatic carbocycles. The summed E-state index contributed by atoms with van der Waals surface area (Å²) in [5, 5.41) is 10.2. The Morgan fingerprint density at radius 3 is 2.52 bits per heavy atom. The minimum absolute atomic E-state index is 0.0475. The summed E-state index contributed by atoms with van der Waals surface area (Å²) in [4.78, 5) is 38.1. The van der Waals surface area contributed by atoms with Crippen LogP contribution in [0.5, 0.6) is 11.5 Å². The maximum atomic E-state index is 14.2. The van der Waals surface area contributed by atoms with Crippen LogP contribution in [-0.2, 0) is 17.9 Å². The van der Waals surface area contributed by atoms with Crippen molar-refractivity contribution in [2.75, 3.05) is 46.4 Å². The van der Waals surface area contributed by atoms with Crippen molar-refractivity contribution < 1.29 is 14.3 Å². The number of rotatable bonds is 12. The molecule has 0 atom stereocenters. The Labute approximate surface area is 274 Å². The molecule has 1 saturated heterocycles. The van der Waals surface area contributed by atoms with Gasteiger partial charge in [0.05, 0.1) is 35.3 Å². The minimum atomic E-state index is -0.169. The van der Waals surface area contributed by atoms with Crippen LogP contribution in [0.25, 0.3) is 16.6 Å². The zero-order valence-corrected chi connectivity index (χ0v) is 27.2. The molecule has 0 bridgehead atoms. The van der Waals surface area contributed by atoms with Gasteiger partial charge in [-0.3, -0.25) is 19.1 Å². The topological polar surface area (TPSA) is 104 Å². The van der Waals surface area contributed by atoms with Crippen LogP contribution in [-0.4, -0.2) is 82.6 Å². The van der Waals surface area contributed by atoms with E-state index < -0.39 is 0 Å². The monoisotopic (exact) mass is 642 g/mol. The largest absolute Gasteiger partial charge is 0.489 e. The Morgan fingerprint density at radius 2 is 1.80 bits per heavy atom. The Hall–Kier alpha value is -4.43. The van der Waals surface area contributed by atoms with E-state index in [2.05, 4.69) is 15.9 Å². The molecule has 0 N–H and O–H groups in total. The van der Waals surface area contributed by atoms with Crippen molar-refractivity contribution in [1.29, 1.82) is 5.26 Å². The van der Waals surface area contributed by atoms with E-state index in [1.54, 1.807) is 39.8 Å². The van der Waals surface area contributed by atoms with E-state index in [9.17, 15) is 9.59 Å². The first kappa shape index (κ1) is 32.9. The Morgan fingerprint density at radius 1 is 1.07 bits per heavy atom. The molecule has 10 nitrogen and oxygen atoms in total. The molecule has 46 heavy (non-hydrogen) atoms. The van der Waals surface area contributed by atoms with Gasteiger partial charge in [0, 0.05) is 50.7 Å². The minimum Gasteiger partial charge on any atom is -0.489 e. The lowest BCUT2D eigenvalue weighted by Gasteiger charge is -2.34. The zero-order valence-electron chi connectivity index (χ0n) is 26.5. The summed E-state index contributed by atoms with van der Waals surface area (Å²) in [6.07, 6.45) is 0.328. The highest BCUT2D eigenvalue weighted by atomic mass is 35.5. The molecule has 0 radical (unpaired) electrons. The number of para-hydroxylation sites is 1. The summed E-state index contributed by atoms with van der Waals surface area (Å²) in [6, 6.07) is 22.4. The fraction of sp³-hybridized carbons (Fsp3) is 0.371. The summed E-state index contributed by atoms with van der Waals surface area (Å²) in [6.45, 7) is 7.83. The predicted octanol–water partition coefficient (Wildman–Crippen LogP) is 4.89. The molecule has 4 aromatic rings. The van der Waals surface area contributed by atoms with Gasteiger partial charge in [-0.05, 0) is 75.0 Å². The average Bonchev–Trinajstić information content (AvgIpc) is 3.04. The molecule has 1 aromatic heterocycles. The second kappa shape index (κ2) is 15.2. The SMILES string of the molecule is CC(C)Oc1ccc(CN(C)CCC#N)cc1-n1c(CN2CCN(C(=O)COc3ccc(Cl)cc3)CC2)nc2ccccc2c1=O. The third kappa shape index (κ3) is 8.23. The summed E-state index contributed by atoms with van der Waals surface area (Å²) in [5.41, 5.74) is 2.08. The number of ether oxygens (including phenoxy) is 2. The number of hydrogen-bond donors (Lipinski definition) is 0. The molecule has 1 aliphatic heterocycles. The molecule has 1 amide bonds. The van der Waals surface area contributed by atoms with E-state index in [-0.39, 0.29) is 24.2 Å². The molecule has 1 aliphatic rings. The first-order chi connectivity index (χ1) is 22.2. The van der Waals surface area contributed by atoms with E-state index in [0.29, 0.717) is 91.2 Å². The second-order valence-corrected chi connectivity index (χ2v) is 12.1. The van der Waals surface area contributed by atoms with Crippen LogP contribution in [0.4, 0.5) is 0 Å². The summed E-state index contributed by atoms with van der Waals surface area (Å²) < 4.78 is 13.6. The average molecular weight is 643 g/mol. The van der Waals surface area contributed by atoms with Gasteiger partial charge in [0.15, 0.2) is 6.61 Å². The quantitative estimate of drug-likeness (QED) is 0.215. The van der Waals surface area contributed by atoms with Gasteiger partial charge in [-0.15, -0.1) is 0 Å². The molecule has 5 rings (SSSR count). The standard InChI is InChI=1S/C35H39ClN6O4/c1-25(2)46-32-14-9-26(22-39(3)16-6-15-37)21-31(32)42-33(38-30-8-5-4-7-29(30)35(42)44)23-40-17-19-41(20-18-40)34(43)24-45-28-12-10-27(36)11-13-28/h4-5,7-14,21,25H,6,16-20,22-24H2,1-3H3. The summed E-state index contributed by atoms with van der Waals surface area (Å²) in [7, 11) is 1.97. The van der Waals surface area contributed by atoms with E-state index in [1.807, 2.05) is 57.3 Å². The van der Waals surface area contributed by atoms with Crippen molar-refractivity contribution in [3.63, 3.8) is 0 Å². The van der Waals surface area contributed by atoms with Crippen LogP contribution in [0.3, 0.4) is 0 Å². The third-order valence-electron chi connectivity index (χ3n) is 7.80. The summed E-state index contributed by atoms with van der Waals surface area (Å²) >= 11 is 5.94. The van der Waals surface area contributed by atoms with Gasteiger partial charge in [-0.2, -0.15) is 5.26 Å². The van der Waals surface area contributed by atoms with E-state index in [4.69, 9.17) is 31.3 Å². The van der Waals surface area contributed by atoms with Gasteiger partial charge in [0.1, 0.15) is 17.3 Å². The maximum Gasteiger partial charge on any atom is 0.266 e. The lowest BCUT2D eigenvalue weighted by atomic mass is 10.1. The van der Waals surface area contributed by atoms with Crippen LogP contribution in [0.1, 0.15) is 31.7 Å². The number of hydrogen-bond acceptors (Lipinski definition) is 8. The fourth-order valence-electron chi connectivity index (χ4n) is 5.48. The first-order valence-corrected chi connectivity index (χ1v) is 15.8. The Bertz CT molecular complexity index is 1760. The number of fused-ring (bicyclic) bond motifs is 1. The number of amides is 1. The first-order valence-electron chi connectivity index (χ1n) is 15.5. The number of nitrogens with zero attached hydrogens (tertiary/aromatic N) is 6. The van der Waals surface area contributed by atoms with Crippen molar-refractivity contribution in [3.8, 4) is 23.3 Å². The Kier molecular flexibility index (Phi) is 10.9. The van der Waals surface area contributed by atoms with Crippen molar-refractivity contribution in [2.45, 2.75) is 39.5 Å². The van der Waals surface area contributed by atoms with Crippen LogP contribution in [0.15, 0.2) is 71.5 Å². The number of halogens is 1. The number of carbonyl (C=O) groups is 1. The number of nitriles is 1. The molecule has 1 fully saturated rings. The normalized spacial score (nSPS) is 13.7. The molecular formula is C35H39ClN6O4. The maximum absolute atomic E-state index is 14.2. The third-order valence-corrected chi connectivity index (χ3v) is 8.05. The highest BCUT2D eigenvalue weighted by Crippen LogP contribution is 2.28. The Balaban J connectivity index is 1.40. The van der Waals surface area contributed by atoms with E-state index in [1.165, 1.54) is 0 Å². The molecule has 11 heteroatoms. The van der Waals surface area contributed by atoms with Gasteiger partial charge in [-0.25, -0.2) is 4.98 Å². The lowest BCUT2D eigenvalue weighted by Crippen LogP contribution is -2.50. The number of benzene rings is 3. The van der Waals surface area contributed by atoms with Crippen LogP contribution in [0.2, 0.25) is 5.02 Å². The zero-order chi connectivity index (χ0) is 32.6. The van der Waals surface area contributed by atoms with Crippen LogP contribution < -0.4 is 15.0 Å². The predicted molar refractivity (Wildman–Crippen MR) is 178 cm³/mol. The van der Waals surface area contributed by atoms with Crippen molar-refractivity contribution in [2.24, 2.45) is 0 Å². The highest BCUT2D eigenvalue weighted by Gasteiger charge is 2.25. The van der Waals surface area contributed by atoms with Gasteiger partial charge < -0.3 is 19.3 Å². The summed E-state index contributed by atoms with van der Waals surface area (Å²) in [5.74, 6) is 1.70. The van der Waals surface area contributed by atoms with Crippen molar-refractivity contribution in [1.82, 2.24) is 24.3 Å². The molecule has 0 saturated carbocycles. The molecular weight excluding hydrogens is 604 g/mol. The van der Waals surface area contributed by atoms with Crippen molar-refractivity contribution in [3.05, 3.63) is 93.5 Å². The molecule has 0 unspecified atom stereocenters. The number of carbonyl (C=O) groups excluding carboxylic acids is 1. The molecule has 240 valence electrons. The number of piperazine rings is 1. The molecule has 2 heterocycles. The second-order valence-electron chi connectivity index (χ2n) is 11.7. The molecule has 0 spiro atoms. The highest BCUT2D eigenvalue weighted by molar-refractivity contribution is 6.30. The van der Waals surface area contributed by atoms with Gasteiger partial charge in [-0.1, -0.05) is 29.8 Å². The smallest absolute Gasteiger partial charge is 0.266 e. The fourth-order valence-corrected chi connectivity index (χ4v) is 5.60. The van der Waals surface area contributed by atoms with E-state index in [0.717, 1.165) is 5.56 Å².